The van der Waals surface area contributed by atoms with Crippen LogP contribution in [0.25, 0.3) is 0 Å². The van der Waals surface area contributed by atoms with Crippen LogP contribution in [0.15, 0.2) is 0 Å². The highest BCUT2D eigenvalue weighted by molar-refractivity contribution is 7.80. The van der Waals surface area contributed by atoms with Gasteiger partial charge >= 0.3 is 11.9 Å². The Bertz CT molecular complexity index is 186. The van der Waals surface area contributed by atoms with Crippen molar-refractivity contribution < 1.29 is 19.8 Å². The third-order valence-corrected chi connectivity index (χ3v) is 1.52. The second-order valence-electron chi connectivity index (χ2n) is 2.10. The Morgan fingerprint density at radius 2 is 2.00 bits per heavy atom. The molecule has 0 heterocycles. The van der Waals surface area contributed by atoms with Crippen LogP contribution in [0, 0.1) is 0 Å². The van der Waals surface area contributed by atoms with Gasteiger partial charge in [0.25, 0.3) is 0 Å². The lowest BCUT2D eigenvalue weighted by Gasteiger charge is -2.19. The minimum absolute atomic E-state index is 0.0287. The Morgan fingerprint density at radius 3 is 2.25 bits per heavy atom. The fourth-order valence-corrected chi connectivity index (χ4v) is 0.957. The highest BCUT2D eigenvalue weighted by Gasteiger charge is 2.22. The highest BCUT2D eigenvalue weighted by Crippen LogP contribution is 1.96. The molecule has 0 bridgehead atoms. The summed E-state index contributed by atoms with van der Waals surface area (Å²) in [5.41, 5.74) is 0. The normalized spacial score (nSPS) is 12.9. The number of carboxylic acids is 2. The summed E-state index contributed by atoms with van der Waals surface area (Å²) in [6, 6.07) is -1.07. The van der Waals surface area contributed by atoms with Crippen molar-refractivity contribution in [1.29, 1.82) is 0 Å². The molecule has 0 aliphatic carbocycles. The minimum Gasteiger partial charge on any atom is -0.480 e. The molecule has 0 radical (unpaired) electrons. The Hall–Kier alpha value is -0.790. The van der Waals surface area contributed by atoms with E-state index in [0.717, 1.165) is 5.01 Å². The number of hydrazine groups is 1. The van der Waals surface area contributed by atoms with Gasteiger partial charge in [0.05, 0.1) is 0 Å². The van der Waals surface area contributed by atoms with Gasteiger partial charge in [-0.1, -0.05) is 0 Å². The molecule has 0 saturated carbocycles. The van der Waals surface area contributed by atoms with Gasteiger partial charge in [-0.2, -0.15) is 12.6 Å². The third kappa shape index (κ3) is 3.56. The molecular formula is C5H10N2O4S. The molecule has 0 aliphatic heterocycles. The summed E-state index contributed by atoms with van der Waals surface area (Å²) in [7, 11) is 0. The zero-order chi connectivity index (χ0) is 9.72. The molecule has 0 aromatic rings. The van der Waals surface area contributed by atoms with Crippen LogP contribution < -0.4 is 5.84 Å². The minimum atomic E-state index is -1.19. The number of nitrogens with zero attached hydrogens (tertiary/aromatic N) is 1. The highest BCUT2D eigenvalue weighted by atomic mass is 32.1. The van der Waals surface area contributed by atoms with Crippen LogP contribution >= 0.6 is 12.6 Å². The van der Waals surface area contributed by atoms with Gasteiger partial charge in [0.15, 0.2) is 0 Å². The molecule has 7 heteroatoms. The van der Waals surface area contributed by atoms with Crippen molar-refractivity contribution in [3.63, 3.8) is 0 Å². The molecule has 0 spiro atoms. The number of hydrogen-bond donors (Lipinski definition) is 4. The first-order valence-electron chi connectivity index (χ1n) is 3.05. The summed E-state index contributed by atoms with van der Waals surface area (Å²) in [5.74, 6) is 2.76. The van der Waals surface area contributed by atoms with Gasteiger partial charge in [0, 0.05) is 5.75 Å². The van der Waals surface area contributed by atoms with E-state index in [1.165, 1.54) is 0 Å². The van der Waals surface area contributed by atoms with Gasteiger partial charge < -0.3 is 10.2 Å². The number of hydrogen-bond acceptors (Lipinski definition) is 5. The summed E-state index contributed by atoms with van der Waals surface area (Å²) in [4.78, 5) is 20.5. The molecule has 0 rings (SSSR count). The fraction of sp³-hybridized carbons (Fsp3) is 0.600. The van der Waals surface area contributed by atoms with Crippen LogP contribution in [0.1, 0.15) is 0 Å². The van der Waals surface area contributed by atoms with Gasteiger partial charge in [0.2, 0.25) is 0 Å². The van der Waals surface area contributed by atoms with Crippen molar-refractivity contribution in [2.24, 2.45) is 5.84 Å². The molecule has 4 N–H and O–H groups in total. The molecule has 0 amide bonds. The molecule has 1 atom stereocenters. The smallest absolute Gasteiger partial charge is 0.323 e. The number of rotatable bonds is 5. The summed E-state index contributed by atoms with van der Waals surface area (Å²) in [6.07, 6.45) is 0. The summed E-state index contributed by atoms with van der Waals surface area (Å²) < 4.78 is 0. The zero-order valence-electron chi connectivity index (χ0n) is 6.17. The molecule has 0 fully saturated rings. The number of nitrogens with two attached hydrogens (primary N) is 1. The number of carboxylic acid groups (broad SMARTS) is 2. The van der Waals surface area contributed by atoms with E-state index in [0.29, 0.717) is 0 Å². The maximum Gasteiger partial charge on any atom is 0.323 e. The summed E-state index contributed by atoms with van der Waals surface area (Å²) >= 11 is 3.72. The van der Waals surface area contributed by atoms with Crippen LogP contribution in [0.2, 0.25) is 0 Å². The SMILES string of the molecule is NN(CC(=O)O)[C@@H](CS)C(=O)O. The first-order valence-corrected chi connectivity index (χ1v) is 3.69. The maximum atomic E-state index is 10.4. The molecular weight excluding hydrogens is 184 g/mol. The molecule has 0 unspecified atom stereocenters. The van der Waals surface area contributed by atoms with E-state index in [1.807, 2.05) is 0 Å². The standard InChI is InChI=1S/C5H10N2O4S/c6-7(1-4(8)9)3(2-12)5(10)11/h3,12H,1-2,6H2,(H,8,9)(H,10,11)/t3-/m0/s1. The Kier molecular flexibility index (Phi) is 4.64. The molecule has 0 aromatic heterocycles. The predicted molar refractivity (Wildman–Crippen MR) is 43.8 cm³/mol. The van der Waals surface area contributed by atoms with Crippen molar-refractivity contribution in [3.05, 3.63) is 0 Å². The van der Waals surface area contributed by atoms with Gasteiger partial charge in [-0.3, -0.25) is 15.4 Å². The van der Waals surface area contributed by atoms with E-state index in [2.05, 4.69) is 12.6 Å². The summed E-state index contributed by atoms with van der Waals surface area (Å²) in [6.45, 7) is -0.516. The van der Waals surface area contributed by atoms with Crippen molar-refractivity contribution in [2.75, 3.05) is 12.3 Å². The maximum absolute atomic E-state index is 10.4. The van der Waals surface area contributed by atoms with E-state index < -0.39 is 24.5 Å². The first-order chi connectivity index (χ1) is 5.49. The van der Waals surface area contributed by atoms with Crippen LogP contribution in [-0.4, -0.2) is 45.5 Å². The monoisotopic (exact) mass is 194 g/mol. The van der Waals surface area contributed by atoms with Crippen LogP contribution in [0.5, 0.6) is 0 Å². The lowest BCUT2D eigenvalue weighted by atomic mass is 10.3. The average Bonchev–Trinajstić information content (AvgIpc) is 1.85. The number of aliphatic carboxylic acids is 2. The lowest BCUT2D eigenvalue weighted by Crippen LogP contribution is -2.49. The van der Waals surface area contributed by atoms with Crippen molar-refractivity contribution in [3.8, 4) is 0 Å². The molecule has 12 heavy (non-hydrogen) atoms. The average molecular weight is 194 g/mol. The summed E-state index contributed by atoms with van der Waals surface area (Å²) in [5, 5.41) is 17.5. The van der Waals surface area contributed by atoms with Gasteiger partial charge in [0.1, 0.15) is 12.6 Å². The molecule has 0 aromatic carbocycles. The Labute approximate surface area is 74.3 Å². The van der Waals surface area contributed by atoms with Crippen molar-refractivity contribution in [2.45, 2.75) is 6.04 Å². The van der Waals surface area contributed by atoms with Crippen molar-refractivity contribution in [1.82, 2.24) is 5.01 Å². The van der Waals surface area contributed by atoms with Crippen LogP contribution in [0.3, 0.4) is 0 Å². The van der Waals surface area contributed by atoms with Crippen LogP contribution in [0.4, 0.5) is 0 Å². The molecule has 0 aliphatic rings. The van der Waals surface area contributed by atoms with E-state index >= 15 is 0 Å². The fourth-order valence-electron chi connectivity index (χ4n) is 0.591. The van der Waals surface area contributed by atoms with Gasteiger partial charge in [-0.05, 0) is 0 Å². The van der Waals surface area contributed by atoms with Crippen molar-refractivity contribution >= 4 is 24.6 Å². The third-order valence-electron chi connectivity index (χ3n) is 1.18. The molecule has 6 nitrogen and oxygen atoms in total. The zero-order valence-corrected chi connectivity index (χ0v) is 7.07. The van der Waals surface area contributed by atoms with E-state index in [9.17, 15) is 9.59 Å². The Balaban J connectivity index is 4.11. The molecule has 0 saturated heterocycles. The number of carbonyl (C=O) groups is 2. The second-order valence-corrected chi connectivity index (χ2v) is 2.47. The van der Waals surface area contributed by atoms with E-state index in [4.69, 9.17) is 16.1 Å². The van der Waals surface area contributed by atoms with Gasteiger partial charge in [-0.15, -0.1) is 0 Å². The molecule has 70 valence electrons. The lowest BCUT2D eigenvalue weighted by molar-refractivity contribution is -0.145. The second kappa shape index (κ2) is 4.96. The van der Waals surface area contributed by atoms with Crippen LogP contribution in [-0.2, 0) is 9.59 Å². The van der Waals surface area contributed by atoms with E-state index in [-0.39, 0.29) is 5.75 Å². The van der Waals surface area contributed by atoms with E-state index in [1.54, 1.807) is 0 Å². The van der Waals surface area contributed by atoms with Gasteiger partial charge in [-0.25, -0.2) is 5.01 Å². The largest absolute Gasteiger partial charge is 0.480 e. The quantitative estimate of drug-likeness (QED) is 0.244. The predicted octanol–water partition coefficient (Wildman–Crippen LogP) is -1.37. The Morgan fingerprint density at radius 1 is 1.50 bits per heavy atom. The number of thiol groups is 1. The topological polar surface area (TPSA) is 104 Å². The first kappa shape index (κ1) is 11.2.